The fraction of sp³-hybridized carbons (Fsp3) is 0.253. The maximum Gasteiger partial charge on any atom is 0.291 e. The van der Waals surface area contributed by atoms with Crippen LogP contribution < -0.4 is 35.8 Å². The number of furan rings is 4. The first-order chi connectivity index (χ1) is 62.4. The van der Waals surface area contributed by atoms with Crippen LogP contribution >= 0.6 is 0 Å². The summed E-state index contributed by atoms with van der Waals surface area (Å²) in [7, 11) is 7.49. The van der Waals surface area contributed by atoms with E-state index in [0.29, 0.717) is 116 Å². The number of carbonyl (C=O) groups is 5. The third kappa shape index (κ3) is 20.2. The Hall–Kier alpha value is -16.1. The van der Waals surface area contributed by atoms with E-state index in [9.17, 15) is 37.9 Å². The number of aromatic nitrogens is 20. The third-order valence-electron chi connectivity index (χ3n) is 21.0. The number of aliphatic hydroxyl groups is 1. The summed E-state index contributed by atoms with van der Waals surface area (Å²) in [5.41, 5.74) is 10.8. The molecule has 1 saturated carbocycles. The lowest BCUT2D eigenvalue weighted by Crippen LogP contribution is -2.51. The average Bonchev–Trinajstić information content (AvgIpc) is 1.59. The Morgan fingerprint density at radius 1 is 0.473 bits per heavy atom. The van der Waals surface area contributed by atoms with Crippen LogP contribution in [-0.2, 0) is 30.7 Å². The van der Waals surface area contributed by atoms with Crippen molar-refractivity contribution < 1.29 is 65.0 Å². The molecule has 16 aromatic rings. The first-order valence-electron chi connectivity index (χ1n) is 40.8. The van der Waals surface area contributed by atoms with Crippen LogP contribution in [0, 0.1) is 5.92 Å². The number of likely N-dealkylation sites (N-methyl/N-ethyl adjacent to an activating group) is 1. The number of H-pyrrole nitrogens is 4. The highest BCUT2D eigenvalue weighted by molar-refractivity contribution is 6.07. The second-order valence-corrected chi connectivity index (χ2v) is 31.3. The predicted molar refractivity (Wildman–Crippen MR) is 465 cm³/mol. The van der Waals surface area contributed by atoms with Gasteiger partial charge >= 0.3 is 0 Å². The van der Waals surface area contributed by atoms with Crippen LogP contribution in [0.1, 0.15) is 68.5 Å². The number of piperazine rings is 1. The van der Waals surface area contributed by atoms with E-state index >= 15 is 0 Å². The minimum Gasteiger partial charge on any atom is -0.489 e. The number of ether oxygens (including phenoxy) is 2. The van der Waals surface area contributed by atoms with Gasteiger partial charge in [-0.25, -0.2) is 8.78 Å². The molecule has 129 heavy (non-hydrogen) atoms. The highest BCUT2D eigenvalue weighted by Crippen LogP contribution is 2.50. The number of morpholine rings is 1. The van der Waals surface area contributed by atoms with Crippen LogP contribution in [0.2, 0.25) is 0 Å². The van der Waals surface area contributed by atoms with Crippen LogP contribution in [0.4, 0.5) is 42.9 Å². The highest BCUT2D eigenvalue weighted by atomic mass is 19.3. The molecule has 1 atom stereocenters. The number of nitrogens with one attached hydrogen (secondary N) is 8. The molecule has 20 rings (SSSR count). The van der Waals surface area contributed by atoms with E-state index in [1.165, 1.54) is 4.90 Å². The summed E-state index contributed by atoms with van der Waals surface area (Å²) in [6, 6.07) is 29.8. The van der Waals surface area contributed by atoms with E-state index in [1.54, 1.807) is 212 Å². The standard InChI is InChI=1S/C23H19F2N7O3.C22H24N8O2.C21H21N7O3.C21H22N6O4/c24-23(25)7-15(23)22(34)31-10-14(11-31)32-12-17(20(30-32)16-3-1-2-6-26-16)29-21(33)19-5-4-18(35-19)13-8-27-28-9-13;1-28-7-9-30(10-8-28)16-3-4-17(23-13-16)21-18(14-29(2)27-21)26-22(31)20-6-5-19(32-20)15-11-24-25-12-15;1-27-13-17(25-21(29)19-5-4-18(31-19)14-10-23-24-11-14)20(26-27)16-3-2-15(12-22-16)28-6-8-30-9-7-28;1-21(2,29)12-30-14-4-5-15(22-10-14)19-16(11-27(3)26-19)25-20(28)18-7-6-17(31-18)13-8-23-24-9-13/h1-6,8-9,12,14-15H,7,10-11H2,(H,27,28)(H,29,33);3-6,11-14H,7-10H2,1-2H3,(H,24,25)(H,26,31);2-5,10-13H,6-9H2,1H3,(H,23,24)(H,25,29);4-11,29H,12H2,1-3H3,(H,23,24)(H,25,28). The van der Waals surface area contributed by atoms with Gasteiger partial charge in [0.15, 0.2) is 23.0 Å². The number of nitrogens with zero attached hydrogens (tertiary/aromatic N) is 20. The van der Waals surface area contributed by atoms with Crippen LogP contribution in [0.5, 0.6) is 5.75 Å². The largest absolute Gasteiger partial charge is 0.489 e. The van der Waals surface area contributed by atoms with E-state index in [2.05, 4.69) is 130 Å². The molecule has 0 bridgehead atoms. The zero-order chi connectivity index (χ0) is 89.5. The Kier molecular flexibility index (Phi) is 24.4. The van der Waals surface area contributed by atoms with Gasteiger partial charge in [0, 0.05) is 136 Å². The number of hydrogen-bond acceptors (Lipinski definition) is 27. The number of alkyl halides is 2. The third-order valence-corrected chi connectivity index (χ3v) is 21.0. The number of rotatable bonds is 23. The molecule has 0 radical (unpaired) electrons. The molecule has 40 nitrogen and oxygen atoms in total. The number of aromatic amines is 4. The lowest BCUT2D eigenvalue weighted by molar-refractivity contribution is -0.140. The highest BCUT2D eigenvalue weighted by Gasteiger charge is 2.63. The monoisotopic (exact) mass is 1750 g/mol. The van der Waals surface area contributed by atoms with Crippen molar-refractivity contribution in [1.82, 2.24) is 110 Å². The van der Waals surface area contributed by atoms with Crippen molar-refractivity contribution in [2.75, 3.05) is 110 Å². The number of amides is 5. The maximum absolute atomic E-state index is 13.2. The summed E-state index contributed by atoms with van der Waals surface area (Å²) in [5.74, 6) is -2.89. The van der Waals surface area contributed by atoms with Gasteiger partial charge in [-0.3, -0.25) is 83.0 Å². The van der Waals surface area contributed by atoms with Gasteiger partial charge in [-0.15, -0.1) is 0 Å². The molecule has 1 aliphatic carbocycles. The number of aryl methyl sites for hydroxylation is 3. The zero-order valence-electron chi connectivity index (χ0n) is 70.3. The molecular weight excluding hydrogens is 1670 g/mol. The number of likely N-dealkylation sites (tertiary alicyclic amines) is 1. The maximum atomic E-state index is 13.2. The Morgan fingerprint density at radius 3 is 1.22 bits per heavy atom. The van der Waals surface area contributed by atoms with Gasteiger partial charge in [0.05, 0.1) is 147 Å². The first-order valence-corrected chi connectivity index (χ1v) is 40.8. The number of carbonyl (C=O) groups excluding carboxylic acids is 5. The van der Waals surface area contributed by atoms with Crippen molar-refractivity contribution in [2.45, 2.75) is 37.8 Å². The van der Waals surface area contributed by atoms with Crippen LogP contribution in [0.25, 0.3) is 90.8 Å². The van der Waals surface area contributed by atoms with E-state index in [4.69, 9.17) is 27.1 Å². The quantitative estimate of drug-likeness (QED) is 0.0287. The molecule has 3 aliphatic heterocycles. The van der Waals surface area contributed by atoms with Gasteiger partial charge in [0.2, 0.25) is 5.91 Å². The Morgan fingerprint density at radius 2 is 0.860 bits per heavy atom. The average molecular weight is 1750 g/mol. The Labute approximate surface area is 732 Å². The van der Waals surface area contributed by atoms with Crippen molar-refractivity contribution in [3.05, 3.63) is 225 Å². The van der Waals surface area contributed by atoms with Crippen LogP contribution in [0.15, 0.2) is 220 Å². The van der Waals surface area contributed by atoms with Gasteiger partial charge in [-0.05, 0) is 118 Å². The van der Waals surface area contributed by atoms with Crippen LogP contribution in [0.3, 0.4) is 0 Å². The van der Waals surface area contributed by atoms with E-state index in [1.807, 2.05) is 37.6 Å². The number of anilines is 6. The molecule has 4 aliphatic rings. The zero-order valence-corrected chi connectivity index (χ0v) is 70.3. The molecule has 1 unspecified atom stereocenters. The number of halogens is 2. The van der Waals surface area contributed by atoms with E-state index in [-0.39, 0.29) is 67.0 Å². The van der Waals surface area contributed by atoms with Gasteiger partial charge in [-0.2, -0.15) is 40.8 Å². The van der Waals surface area contributed by atoms with Crippen molar-refractivity contribution >= 4 is 63.7 Å². The molecule has 9 N–H and O–H groups in total. The van der Waals surface area contributed by atoms with Crippen molar-refractivity contribution in [1.29, 1.82) is 0 Å². The minimum absolute atomic E-state index is 0.103. The van der Waals surface area contributed by atoms with Crippen molar-refractivity contribution in [2.24, 2.45) is 27.1 Å². The molecule has 660 valence electrons. The van der Waals surface area contributed by atoms with Gasteiger partial charge < -0.3 is 73.1 Å². The summed E-state index contributed by atoms with van der Waals surface area (Å²) in [6.45, 7) is 11.2. The molecule has 4 fully saturated rings. The molecule has 16 aromatic heterocycles. The first kappa shape index (κ1) is 85.1. The normalized spacial score (nSPS) is 14.9. The van der Waals surface area contributed by atoms with Gasteiger partial charge in [0.25, 0.3) is 29.6 Å². The predicted octanol–water partition coefficient (Wildman–Crippen LogP) is 11.1. The second kappa shape index (κ2) is 37.0. The molecular formula is C87H86F2N28O12. The van der Waals surface area contributed by atoms with E-state index in [0.717, 1.165) is 67.3 Å². The molecule has 3 saturated heterocycles. The van der Waals surface area contributed by atoms with Crippen molar-refractivity contribution in [3.63, 3.8) is 0 Å². The summed E-state index contributed by atoms with van der Waals surface area (Å²) in [6.07, 6.45) is 26.5. The fourth-order valence-electron chi connectivity index (χ4n) is 14.1. The van der Waals surface area contributed by atoms with Crippen LogP contribution in [-0.4, -0.2) is 235 Å². The second-order valence-electron chi connectivity index (χ2n) is 31.3. The smallest absolute Gasteiger partial charge is 0.291 e. The summed E-state index contributed by atoms with van der Waals surface area (Å²) < 4.78 is 66.6. The summed E-state index contributed by atoms with van der Waals surface area (Å²) >= 11 is 0. The molecule has 5 amide bonds. The molecule has 42 heteroatoms. The molecule has 0 spiro atoms. The fourth-order valence-corrected chi connectivity index (χ4v) is 14.1. The van der Waals surface area contributed by atoms with Gasteiger partial charge in [0.1, 0.15) is 64.1 Å². The van der Waals surface area contributed by atoms with E-state index < -0.39 is 35.2 Å². The summed E-state index contributed by atoms with van der Waals surface area (Å²) in [4.78, 5) is 89.5. The van der Waals surface area contributed by atoms with Gasteiger partial charge in [-0.1, -0.05) is 6.07 Å². The Balaban J connectivity index is 0.000000121. The SMILES string of the molecule is CN1CCN(c2ccc(-c3nn(C)cc3NC(=O)c3ccc(-c4cn[nH]c4)o3)nc2)CC1.Cn1cc(NC(=O)c2ccc(-c3cn[nH]c3)o2)c(-c2ccc(N3CCOCC3)cn2)n1.Cn1cc(NC(=O)c2ccc(-c3cn[nH]c3)o2)c(-c2ccc(OCC(C)(C)O)cn2)n1.O=C(Nc1cn(C2CN(C(=O)C3CC3(F)F)C2)nc1-c1ccccn1)c1ccc(-c2cn[nH]c2)o1. The number of pyridine rings is 4. The molecule has 0 aromatic carbocycles. The lowest BCUT2D eigenvalue weighted by atomic mass is 10.1. The number of hydrogen-bond donors (Lipinski definition) is 9. The minimum atomic E-state index is -2.89. The lowest BCUT2D eigenvalue weighted by Gasteiger charge is -2.39. The Bertz CT molecular complexity index is 6500. The topological polar surface area (TPSA) is 475 Å². The van der Waals surface area contributed by atoms with Crippen molar-refractivity contribution in [3.8, 4) is 96.6 Å². The summed E-state index contributed by atoms with van der Waals surface area (Å²) in [5, 5.41) is 65.5. The molecule has 19 heterocycles.